The minimum atomic E-state index is -0.663. The molecule has 2 aromatic carbocycles. The smallest absolute Gasteiger partial charge is 1.00 e. The standard InChI is InChI=1S/C22H18.2ClH.Zr/c1-3-7-19-15(5-1)13-17-9-12-22-18(10-11-21(17)19)14-16-6-2-4-8-20(16)22;;;/h1-8,13-14H,9-12H2;2*1H;/q;;;+2/p-2. The van der Waals surface area contributed by atoms with Gasteiger partial charge in [0.2, 0.25) is 0 Å². The van der Waals surface area contributed by atoms with Gasteiger partial charge in [-0.2, -0.15) is 0 Å². The first-order valence-electron chi connectivity index (χ1n) is 8.72. The van der Waals surface area contributed by atoms with Crippen LogP contribution in [0.1, 0.15) is 47.9 Å². The van der Waals surface area contributed by atoms with Crippen molar-refractivity contribution in [3.05, 3.63) is 81.9 Å². The molecule has 2 spiro atoms. The van der Waals surface area contributed by atoms with E-state index in [1.54, 1.807) is 22.3 Å². The minimum Gasteiger partial charge on any atom is -1.00 e. The van der Waals surface area contributed by atoms with Crippen LogP contribution in [0.5, 0.6) is 0 Å². The topological polar surface area (TPSA) is 0 Å². The molecule has 2 bridgehead atoms. The van der Waals surface area contributed by atoms with Crippen LogP contribution in [0, 0.1) is 0 Å². The van der Waals surface area contributed by atoms with Crippen molar-refractivity contribution in [2.75, 3.05) is 0 Å². The molecule has 2 unspecified atom stereocenters. The molecule has 2 fully saturated rings. The van der Waals surface area contributed by atoms with Crippen molar-refractivity contribution in [3.8, 4) is 0 Å². The summed E-state index contributed by atoms with van der Waals surface area (Å²) >= 11 is -0.663. The second kappa shape index (κ2) is 5.95. The van der Waals surface area contributed by atoms with Crippen molar-refractivity contribution >= 4 is 12.2 Å². The van der Waals surface area contributed by atoms with Crippen LogP contribution in [0.2, 0.25) is 0 Å². The predicted molar refractivity (Wildman–Crippen MR) is 90.7 cm³/mol. The maximum Gasteiger partial charge on any atom is -1.00 e. The summed E-state index contributed by atoms with van der Waals surface area (Å²) < 4.78 is 0.986. The van der Waals surface area contributed by atoms with E-state index in [4.69, 9.17) is 0 Å². The molecule has 124 valence electrons. The van der Waals surface area contributed by atoms with Crippen LogP contribution in [0.25, 0.3) is 12.2 Å². The Balaban J connectivity index is 0.000000784. The molecule has 0 N–H and O–H groups in total. The molecule has 3 heteroatoms. The molecule has 2 heterocycles. The zero-order valence-corrected chi connectivity index (χ0v) is 17.8. The molecule has 25 heavy (non-hydrogen) atoms. The van der Waals surface area contributed by atoms with E-state index in [-0.39, 0.29) is 24.8 Å². The SMILES string of the molecule is C1=C2CC[C]34[Zr+2][C]2(CCC3=Cc2ccccc24)c2ccccc21.[Cl-].[Cl-]. The van der Waals surface area contributed by atoms with Crippen molar-refractivity contribution in [3.63, 3.8) is 0 Å². The van der Waals surface area contributed by atoms with Crippen molar-refractivity contribution < 1.29 is 48.0 Å². The maximum absolute atomic E-state index is 2.55. The minimum absolute atomic E-state index is 0. The van der Waals surface area contributed by atoms with Crippen molar-refractivity contribution in [2.24, 2.45) is 0 Å². The Hall–Kier alpha value is -0.617. The molecule has 0 radical (unpaired) electrons. The Kier molecular flexibility index (Phi) is 4.23. The summed E-state index contributed by atoms with van der Waals surface area (Å²) in [6.07, 6.45) is 10.5. The Bertz CT molecular complexity index is 854. The van der Waals surface area contributed by atoms with Crippen molar-refractivity contribution in [2.45, 2.75) is 31.9 Å². The van der Waals surface area contributed by atoms with Crippen molar-refractivity contribution in [1.82, 2.24) is 0 Å². The van der Waals surface area contributed by atoms with Gasteiger partial charge in [-0.25, -0.2) is 0 Å². The predicted octanol–water partition coefficient (Wildman–Crippen LogP) is -0.750. The van der Waals surface area contributed by atoms with Crippen LogP contribution >= 0.6 is 0 Å². The zero-order chi connectivity index (χ0) is 15.1. The molecule has 2 aliphatic heterocycles. The number of hydrogen-bond donors (Lipinski definition) is 0. The van der Waals surface area contributed by atoms with Crippen LogP contribution in [0.15, 0.2) is 59.7 Å². The summed E-state index contributed by atoms with van der Waals surface area (Å²) in [5.41, 5.74) is 10.0. The second-order valence-electron chi connectivity index (χ2n) is 7.45. The molecule has 0 nitrogen and oxygen atoms in total. The summed E-state index contributed by atoms with van der Waals surface area (Å²) in [5.74, 6) is 0. The van der Waals surface area contributed by atoms with Crippen LogP contribution in [0.4, 0.5) is 0 Å². The van der Waals surface area contributed by atoms with Gasteiger partial charge in [-0.1, -0.05) is 0 Å². The van der Waals surface area contributed by atoms with Gasteiger partial charge in [-0.15, -0.1) is 0 Å². The molecule has 2 aromatic rings. The van der Waals surface area contributed by atoms with Crippen LogP contribution < -0.4 is 24.8 Å². The monoisotopic (exact) mass is 442 g/mol. The molecule has 6 rings (SSSR count). The van der Waals surface area contributed by atoms with Gasteiger partial charge < -0.3 is 24.8 Å². The molecule has 2 saturated heterocycles. The van der Waals surface area contributed by atoms with E-state index >= 15 is 0 Å². The Morgan fingerprint density at radius 2 is 1.08 bits per heavy atom. The normalized spacial score (nSPS) is 29.1. The summed E-state index contributed by atoms with van der Waals surface area (Å²) in [6.45, 7) is 0. The Morgan fingerprint density at radius 3 is 1.56 bits per heavy atom. The van der Waals surface area contributed by atoms with Crippen molar-refractivity contribution in [1.29, 1.82) is 0 Å². The largest absolute Gasteiger partial charge is 1.00 e. The van der Waals surface area contributed by atoms with Crippen LogP contribution in [0.3, 0.4) is 0 Å². The van der Waals surface area contributed by atoms with Gasteiger partial charge in [0.05, 0.1) is 0 Å². The second-order valence-corrected chi connectivity index (χ2v) is 12.3. The number of halogens is 2. The van der Waals surface area contributed by atoms with Crippen LogP contribution in [-0.4, -0.2) is 0 Å². The summed E-state index contributed by atoms with van der Waals surface area (Å²) in [4.78, 5) is 0. The average molecular weight is 445 g/mol. The third-order valence-corrected chi connectivity index (χ3v) is 12.8. The third-order valence-electron chi connectivity index (χ3n) is 6.56. The van der Waals surface area contributed by atoms with E-state index < -0.39 is 23.2 Å². The summed E-state index contributed by atoms with van der Waals surface area (Å²) in [6, 6.07) is 18.5. The number of hydrogen-bond acceptors (Lipinski definition) is 0. The number of rotatable bonds is 0. The molecule has 4 aliphatic rings. The van der Waals surface area contributed by atoms with Gasteiger partial charge in [0.25, 0.3) is 0 Å². The Labute approximate surface area is 173 Å². The number of benzene rings is 2. The first-order valence-corrected chi connectivity index (χ1v) is 11.2. The van der Waals surface area contributed by atoms with E-state index in [2.05, 4.69) is 60.7 Å². The van der Waals surface area contributed by atoms with E-state index in [0.29, 0.717) is 6.25 Å². The summed E-state index contributed by atoms with van der Waals surface area (Å²) in [7, 11) is 0. The molecule has 0 aromatic heterocycles. The quantitative estimate of drug-likeness (QED) is 0.502. The van der Waals surface area contributed by atoms with E-state index in [1.807, 2.05) is 0 Å². The molecule has 2 atom stereocenters. The number of allylic oxidation sites excluding steroid dienone is 2. The van der Waals surface area contributed by atoms with Gasteiger partial charge in [0, 0.05) is 0 Å². The first-order chi connectivity index (χ1) is 11.3. The van der Waals surface area contributed by atoms with E-state index in [0.717, 1.165) is 0 Å². The third kappa shape index (κ3) is 2.10. The molecule has 0 saturated carbocycles. The van der Waals surface area contributed by atoms with Gasteiger partial charge in [0.1, 0.15) is 0 Å². The molecular formula is C22H18Cl2Zr. The maximum atomic E-state index is 2.55. The summed E-state index contributed by atoms with van der Waals surface area (Å²) in [5, 5.41) is 0. The van der Waals surface area contributed by atoms with Gasteiger partial charge in [-0.05, 0) is 0 Å². The van der Waals surface area contributed by atoms with E-state index in [1.165, 1.54) is 36.8 Å². The van der Waals surface area contributed by atoms with E-state index in [9.17, 15) is 0 Å². The Morgan fingerprint density at radius 1 is 0.640 bits per heavy atom. The molecule has 2 aliphatic carbocycles. The fourth-order valence-corrected chi connectivity index (χ4v) is 12.1. The van der Waals surface area contributed by atoms with Gasteiger partial charge in [0.15, 0.2) is 0 Å². The number of fused-ring (bicyclic) bond motifs is 2. The van der Waals surface area contributed by atoms with Gasteiger partial charge >= 0.3 is 149 Å². The molecule has 0 amide bonds. The zero-order valence-electron chi connectivity index (χ0n) is 13.9. The fourth-order valence-electron chi connectivity index (χ4n) is 5.58. The average Bonchev–Trinajstić information content (AvgIpc) is 3.07. The first kappa shape index (κ1) is 17.8. The molecular weight excluding hydrogens is 426 g/mol. The van der Waals surface area contributed by atoms with Gasteiger partial charge in [-0.3, -0.25) is 0 Å². The fraction of sp³-hybridized carbons (Fsp3) is 0.273. The van der Waals surface area contributed by atoms with Crippen LogP contribution in [-0.2, 0) is 29.5 Å².